The van der Waals surface area contributed by atoms with Crippen molar-refractivity contribution in [3.63, 3.8) is 0 Å². The Morgan fingerprint density at radius 1 is 0.839 bits per heavy atom. The number of hydrogen-bond donors (Lipinski definition) is 1. The summed E-state index contributed by atoms with van der Waals surface area (Å²) in [5, 5.41) is 12.5. The summed E-state index contributed by atoms with van der Waals surface area (Å²) in [6.45, 7) is 6.27. The van der Waals surface area contributed by atoms with Gasteiger partial charge in [-0.3, -0.25) is 4.90 Å². The number of aryl methyl sites for hydroxylation is 1. The van der Waals surface area contributed by atoms with Gasteiger partial charge < -0.3 is 9.84 Å². The van der Waals surface area contributed by atoms with Crippen molar-refractivity contribution >= 4 is 0 Å². The molecular weight excluding hydrogens is 382 g/mol. The van der Waals surface area contributed by atoms with E-state index >= 15 is 0 Å². The zero-order chi connectivity index (χ0) is 21.5. The predicted molar refractivity (Wildman–Crippen MR) is 126 cm³/mol. The smallest absolute Gasteiger partial charge is 0.102 e. The second-order valence-electron chi connectivity index (χ2n) is 8.51. The van der Waals surface area contributed by atoms with Gasteiger partial charge in [0.1, 0.15) is 5.60 Å². The Morgan fingerprint density at radius 3 is 2.06 bits per heavy atom. The van der Waals surface area contributed by atoms with Gasteiger partial charge in [0.2, 0.25) is 0 Å². The Labute approximate surface area is 186 Å². The SMILES string of the molecule is CCc1ccc([C@@](O)(Cc2ccccc2)[C@H](CN2CCOCC2)c2ccccc2)cc1. The van der Waals surface area contributed by atoms with Crippen molar-refractivity contribution in [2.24, 2.45) is 0 Å². The van der Waals surface area contributed by atoms with Gasteiger partial charge >= 0.3 is 0 Å². The molecule has 0 aliphatic carbocycles. The highest BCUT2D eigenvalue weighted by Crippen LogP contribution is 2.41. The average molecular weight is 416 g/mol. The molecule has 3 aromatic carbocycles. The lowest BCUT2D eigenvalue weighted by Gasteiger charge is -2.41. The number of morpholine rings is 1. The molecule has 0 radical (unpaired) electrons. The van der Waals surface area contributed by atoms with Crippen LogP contribution in [0.4, 0.5) is 0 Å². The Kier molecular flexibility index (Phi) is 7.18. The highest BCUT2D eigenvalue weighted by Gasteiger charge is 2.40. The van der Waals surface area contributed by atoms with Gasteiger partial charge in [0.15, 0.2) is 0 Å². The first-order valence-corrected chi connectivity index (χ1v) is 11.4. The molecular formula is C28H33NO2. The third kappa shape index (κ3) is 5.24. The first-order chi connectivity index (χ1) is 15.2. The van der Waals surface area contributed by atoms with Crippen LogP contribution in [0.15, 0.2) is 84.9 Å². The fourth-order valence-corrected chi connectivity index (χ4v) is 4.62. The van der Waals surface area contributed by atoms with E-state index in [0.717, 1.165) is 50.4 Å². The lowest BCUT2D eigenvalue weighted by molar-refractivity contribution is -0.0223. The number of hydrogen-bond acceptors (Lipinski definition) is 3. The van der Waals surface area contributed by atoms with E-state index in [4.69, 9.17) is 4.74 Å². The van der Waals surface area contributed by atoms with Gasteiger partial charge in [-0.25, -0.2) is 0 Å². The summed E-state index contributed by atoms with van der Waals surface area (Å²) in [4.78, 5) is 2.43. The Balaban J connectivity index is 1.77. The van der Waals surface area contributed by atoms with Crippen molar-refractivity contribution in [1.82, 2.24) is 4.90 Å². The van der Waals surface area contributed by atoms with Gasteiger partial charge in [-0.05, 0) is 28.7 Å². The zero-order valence-electron chi connectivity index (χ0n) is 18.4. The topological polar surface area (TPSA) is 32.7 Å². The largest absolute Gasteiger partial charge is 0.384 e. The first kappa shape index (κ1) is 21.8. The third-order valence-electron chi connectivity index (χ3n) is 6.50. The van der Waals surface area contributed by atoms with Crippen molar-refractivity contribution in [3.05, 3.63) is 107 Å². The normalized spacial score (nSPS) is 17.7. The van der Waals surface area contributed by atoms with Crippen LogP contribution in [0.1, 0.15) is 35.1 Å². The second kappa shape index (κ2) is 10.2. The summed E-state index contributed by atoms with van der Waals surface area (Å²) >= 11 is 0. The fourth-order valence-electron chi connectivity index (χ4n) is 4.62. The van der Waals surface area contributed by atoms with Crippen LogP contribution >= 0.6 is 0 Å². The maximum Gasteiger partial charge on any atom is 0.102 e. The maximum absolute atomic E-state index is 12.5. The second-order valence-corrected chi connectivity index (χ2v) is 8.51. The highest BCUT2D eigenvalue weighted by molar-refractivity contribution is 5.36. The molecule has 3 heteroatoms. The monoisotopic (exact) mass is 415 g/mol. The van der Waals surface area contributed by atoms with Crippen LogP contribution in [0, 0.1) is 0 Å². The van der Waals surface area contributed by atoms with Crippen molar-refractivity contribution in [2.45, 2.75) is 31.3 Å². The number of aliphatic hydroxyl groups is 1. The summed E-state index contributed by atoms with van der Waals surface area (Å²) in [6, 6.07) is 29.4. The van der Waals surface area contributed by atoms with Gasteiger partial charge in [-0.15, -0.1) is 0 Å². The Bertz CT molecular complexity index is 920. The summed E-state index contributed by atoms with van der Waals surface area (Å²) in [6.07, 6.45) is 1.57. The summed E-state index contributed by atoms with van der Waals surface area (Å²) in [5.41, 5.74) is 3.57. The van der Waals surface area contributed by atoms with Crippen LogP contribution in [0.25, 0.3) is 0 Å². The number of nitrogens with zero attached hydrogens (tertiary/aromatic N) is 1. The Hall–Kier alpha value is -2.46. The molecule has 0 unspecified atom stereocenters. The molecule has 3 nitrogen and oxygen atoms in total. The Morgan fingerprint density at radius 2 is 1.45 bits per heavy atom. The number of benzene rings is 3. The van der Waals surface area contributed by atoms with E-state index in [1.54, 1.807) is 0 Å². The molecule has 31 heavy (non-hydrogen) atoms. The maximum atomic E-state index is 12.5. The van der Waals surface area contributed by atoms with E-state index in [9.17, 15) is 5.11 Å². The van der Waals surface area contributed by atoms with Gasteiger partial charge in [0, 0.05) is 32.0 Å². The zero-order valence-corrected chi connectivity index (χ0v) is 18.4. The van der Waals surface area contributed by atoms with Crippen LogP contribution in [-0.2, 0) is 23.2 Å². The molecule has 1 heterocycles. The lowest BCUT2D eigenvalue weighted by atomic mass is 9.73. The summed E-state index contributed by atoms with van der Waals surface area (Å²) in [7, 11) is 0. The van der Waals surface area contributed by atoms with E-state index in [0.29, 0.717) is 6.42 Å². The third-order valence-corrected chi connectivity index (χ3v) is 6.50. The van der Waals surface area contributed by atoms with E-state index in [1.807, 2.05) is 12.1 Å². The van der Waals surface area contributed by atoms with Crippen molar-refractivity contribution in [2.75, 3.05) is 32.8 Å². The first-order valence-electron chi connectivity index (χ1n) is 11.4. The molecule has 3 aromatic rings. The minimum absolute atomic E-state index is 0.0560. The van der Waals surface area contributed by atoms with Crippen LogP contribution in [0.2, 0.25) is 0 Å². The quantitative estimate of drug-likeness (QED) is 0.574. The molecule has 0 saturated carbocycles. The fraction of sp³-hybridized carbons (Fsp3) is 0.357. The van der Waals surface area contributed by atoms with Crippen LogP contribution in [0.5, 0.6) is 0 Å². The standard InChI is InChI=1S/C28H33NO2/c1-2-23-13-15-26(16-14-23)28(30,21-24-9-5-3-6-10-24)27(25-11-7-4-8-12-25)22-29-17-19-31-20-18-29/h3-16,27,30H,2,17-22H2,1H3/t27-,28+/m1/s1. The van der Waals surface area contributed by atoms with E-state index in [-0.39, 0.29) is 5.92 Å². The van der Waals surface area contributed by atoms with E-state index < -0.39 is 5.60 Å². The van der Waals surface area contributed by atoms with Crippen molar-refractivity contribution in [1.29, 1.82) is 0 Å². The molecule has 0 bridgehead atoms. The van der Waals surface area contributed by atoms with Crippen LogP contribution in [-0.4, -0.2) is 42.9 Å². The van der Waals surface area contributed by atoms with Crippen molar-refractivity contribution in [3.8, 4) is 0 Å². The van der Waals surface area contributed by atoms with E-state index in [1.165, 1.54) is 11.1 Å². The molecule has 0 amide bonds. The molecule has 4 rings (SSSR count). The average Bonchev–Trinajstić information content (AvgIpc) is 2.84. The van der Waals surface area contributed by atoms with Crippen LogP contribution in [0.3, 0.4) is 0 Å². The predicted octanol–water partition coefficient (Wildman–Crippen LogP) is 4.80. The lowest BCUT2D eigenvalue weighted by Crippen LogP contribution is -2.45. The molecule has 1 N–H and O–H groups in total. The molecule has 162 valence electrons. The van der Waals surface area contributed by atoms with Crippen LogP contribution < -0.4 is 0 Å². The summed E-state index contributed by atoms with van der Waals surface area (Å²) in [5.74, 6) is -0.0560. The number of ether oxygens (including phenoxy) is 1. The molecule has 0 spiro atoms. The molecule has 0 aromatic heterocycles. The van der Waals surface area contributed by atoms with Crippen molar-refractivity contribution < 1.29 is 9.84 Å². The van der Waals surface area contributed by atoms with Gasteiger partial charge in [0.05, 0.1) is 13.2 Å². The van der Waals surface area contributed by atoms with Gasteiger partial charge in [0.25, 0.3) is 0 Å². The minimum atomic E-state index is -1.02. The minimum Gasteiger partial charge on any atom is -0.384 e. The molecule has 2 atom stereocenters. The highest BCUT2D eigenvalue weighted by atomic mass is 16.5. The molecule has 1 saturated heterocycles. The van der Waals surface area contributed by atoms with E-state index in [2.05, 4.69) is 84.6 Å². The number of rotatable bonds is 8. The van der Waals surface area contributed by atoms with Gasteiger partial charge in [-0.1, -0.05) is 91.9 Å². The molecule has 1 aliphatic heterocycles. The van der Waals surface area contributed by atoms with Gasteiger partial charge in [-0.2, -0.15) is 0 Å². The molecule has 1 aliphatic rings. The summed E-state index contributed by atoms with van der Waals surface area (Å²) < 4.78 is 5.57. The molecule has 1 fully saturated rings.